The van der Waals surface area contributed by atoms with Gasteiger partial charge in [0.05, 0.1) is 19.9 Å². The van der Waals surface area contributed by atoms with Gasteiger partial charge in [-0.25, -0.2) is 0 Å². The van der Waals surface area contributed by atoms with Crippen molar-refractivity contribution in [3.05, 3.63) is 18.2 Å². The number of carbonyl (C=O) groups is 1. The normalized spacial score (nSPS) is 18.3. The number of piperidine rings is 1. The molecule has 0 atom stereocenters. The average molecular weight is 263 g/mol. The molecule has 1 aliphatic rings. The highest BCUT2D eigenvalue weighted by atomic mass is 16.5. The minimum atomic E-state index is -0.199. The van der Waals surface area contributed by atoms with Gasteiger partial charge in [-0.2, -0.15) is 0 Å². The number of benzene rings is 1. The number of rotatable bonds is 3. The first-order valence-electron chi connectivity index (χ1n) is 6.49. The van der Waals surface area contributed by atoms with Crippen LogP contribution in [-0.4, -0.2) is 32.1 Å². The van der Waals surface area contributed by atoms with E-state index >= 15 is 0 Å². The number of ether oxygens (including phenoxy) is 2. The van der Waals surface area contributed by atoms with Crippen molar-refractivity contribution < 1.29 is 14.3 Å². The molecule has 2 rings (SSSR count). The van der Waals surface area contributed by atoms with E-state index in [4.69, 9.17) is 9.47 Å². The Morgan fingerprint density at radius 2 is 1.95 bits per heavy atom. The molecule has 1 aromatic carbocycles. The monoisotopic (exact) mass is 263 g/mol. The van der Waals surface area contributed by atoms with Crippen molar-refractivity contribution in [2.24, 2.45) is 0 Å². The third-order valence-corrected chi connectivity index (χ3v) is 3.65. The highest BCUT2D eigenvalue weighted by Gasteiger charge is 2.35. The number of hydrogen-bond donors (Lipinski definition) is 0. The summed E-state index contributed by atoms with van der Waals surface area (Å²) in [4.78, 5) is 13.9. The molecule has 0 bridgehead atoms. The fourth-order valence-corrected chi connectivity index (χ4v) is 2.66. The first-order valence-corrected chi connectivity index (χ1v) is 6.49. The Hall–Kier alpha value is -1.71. The summed E-state index contributed by atoms with van der Waals surface area (Å²) in [6, 6.07) is 5.75. The Morgan fingerprint density at radius 1 is 1.21 bits per heavy atom. The van der Waals surface area contributed by atoms with E-state index in [9.17, 15) is 4.79 Å². The number of anilines is 1. The van der Waals surface area contributed by atoms with Crippen molar-refractivity contribution in [1.82, 2.24) is 0 Å². The van der Waals surface area contributed by atoms with Gasteiger partial charge in [-0.15, -0.1) is 0 Å². The predicted molar refractivity (Wildman–Crippen MR) is 75.2 cm³/mol. The van der Waals surface area contributed by atoms with Crippen LogP contribution in [0.4, 0.5) is 5.69 Å². The van der Waals surface area contributed by atoms with Gasteiger partial charge in [-0.3, -0.25) is 4.79 Å². The van der Waals surface area contributed by atoms with Crippen molar-refractivity contribution in [3.8, 4) is 11.5 Å². The van der Waals surface area contributed by atoms with Gasteiger partial charge in [0.15, 0.2) is 0 Å². The van der Waals surface area contributed by atoms with Gasteiger partial charge in [0.25, 0.3) is 0 Å². The summed E-state index contributed by atoms with van der Waals surface area (Å²) in [6.07, 6.45) is 1.15. The van der Waals surface area contributed by atoms with E-state index in [0.29, 0.717) is 18.6 Å². The van der Waals surface area contributed by atoms with Crippen molar-refractivity contribution in [3.63, 3.8) is 0 Å². The van der Waals surface area contributed by atoms with Crippen LogP contribution in [0.25, 0.3) is 0 Å². The highest BCUT2D eigenvalue weighted by Crippen LogP contribution is 2.39. The zero-order chi connectivity index (χ0) is 14.0. The maximum atomic E-state index is 11.7. The second kappa shape index (κ2) is 5.11. The molecule has 0 saturated carbocycles. The topological polar surface area (TPSA) is 38.8 Å². The summed E-state index contributed by atoms with van der Waals surface area (Å²) in [5.74, 6) is 1.93. The Labute approximate surface area is 114 Å². The third kappa shape index (κ3) is 2.67. The lowest BCUT2D eigenvalue weighted by Crippen LogP contribution is -2.50. The predicted octanol–water partition coefficient (Wildman–Crippen LogP) is 2.65. The minimum absolute atomic E-state index is 0.199. The maximum Gasteiger partial charge on any atom is 0.142 e. The molecule has 0 spiro atoms. The van der Waals surface area contributed by atoms with Crippen LogP contribution in [0, 0.1) is 0 Å². The number of ketones is 1. The van der Waals surface area contributed by atoms with Crippen LogP contribution < -0.4 is 14.4 Å². The summed E-state index contributed by atoms with van der Waals surface area (Å²) < 4.78 is 10.7. The number of nitrogens with zero attached hydrogens (tertiary/aromatic N) is 1. The molecule has 1 saturated heterocycles. The van der Waals surface area contributed by atoms with Crippen molar-refractivity contribution in [2.75, 3.05) is 25.7 Å². The number of methoxy groups -OCH3 is 2. The summed E-state index contributed by atoms with van der Waals surface area (Å²) in [5, 5.41) is 0. The van der Waals surface area contributed by atoms with Crippen molar-refractivity contribution in [2.45, 2.75) is 32.2 Å². The second-order valence-corrected chi connectivity index (χ2v) is 5.47. The lowest BCUT2D eigenvalue weighted by molar-refractivity contribution is -0.121. The summed E-state index contributed by atoms with van der Waals surface area (Å²) in [5.41, 5.74) is 0.786. The Morgan fingerprint density at radius 3 is 2.53 bits per heavy atom. The maximum absolute atomic E-state index is 11.7. The highest BCUT2D eigenvalue weighted by molar-refractivity contribution is 5.83. The molecule has 4 nitrogen and oxygen atoms in total. The van der Waals surface area contributed by atoms with E-state index in [-0.39, 0.29) is 5.54 Å². The molecule has 104 valence electrons. The first-order chi connectivity index (χ1) is 8.97. The number of carbonyl (C=O) groups excluding carboxylic acids is 1. The standard InChI is InChI=1S/C15H21NO3/c1-15(2)10-11(17)7-8-16(15)13-9-12(18-3)5-6-14(13)19-4/h5-6,9H,7-8,10H2,1-4H3. The largest absolute Gasteiger partial charge is 0.497 e. The van der Waals surface area contributed by atoms with Gasteiger partial charge in [0.2, 0.25) is 0 Å². The van der Waals surface area contributed by atoms with Gasteiger partial charge in [-0.05, 0) is 26.0 Å². The lowest BCUT2D eigenvalue weighted by Gasteiger charge is -2.44. The van der Waals surface area contributed by atoms with Crippen LogP contribution in [-0.2, 0) is 4.79 Å². The third-order valence-electron chi connectivity index (χ3n) is 3.65. The van der Waals surface area contributed by atoms with Crippen molar-refractivity contribution in [1.29, 1.82) is 0 Å². The van der Waals surface area contributed by atoms with Crippen LogP contribution in [0.2, 0.25) is 0 Å². The average Bonchev–Trinajstić information content (AvgIpc) is 2.37. The molecule has 0 aliphatic carbocycles. The van der Waals surface area contributed by atoms with Gasteiger partial charge in [-0.1, -0.05) is 0 Å². The van der Waals surface area contributed by atoms with Crippen LogP contribution in [0.5, 0.6) is 11.5 Å². The van der Waals surface area contributed by atoms with E-state index < -0.39 is 0 Å². The summed E-state index contributed by atoms with van der Waals surface area (Å²) in [6.45, 7) is 4.89. The molecule has 19 heavy (non-hydrogen) atoms. The van der Waals surface area contributed by atoms with Gasteiger partial charge >= 0.3 is 0 Å². The Bertz CT molecular complexity index is 482. The fourth-order valence-electron chi connectivity index (χ4n) is 2.66. The van der Waals surface area contributed by atoms with E-state index in [0.717, 1.165) is 23.7 Å². The van der Waals surface area contributed by atoms with Crippen molar-refractivity contribution >= 4 is 11.5 Å². The van der Waals surface area contributed by atoms with Gasteiger partial charge < -0.3 is 14.4 Å². The molecule has 4 heteroatoms. The van der Waals surface area contributed by atoms with Crippen LogP contribution in [0.1, 0.15) is 26.7 Å². The quantitative estimate of drug-likeness (QED) is 0.840. The van der Waals surface area contributed by atoms with E-state index in [1.807, 2.05) is 18.2 Å². The minimum Gasteiger partial charge on any atom is -0.497 e. The van der Waals surface area contributed by atoms with Gasteiger partial charge in [0, 0.05) is 31.0 Å². The number of hydrogen-bond acceptors (Lipinski definition) is 4. The smallest absolute Gasteiger partial charge is 0.142 e. The molecular weight excluding hydrogens is 242 g/mol. The molecule has 0 amide bonds. The number of Topliss-reactive ketones (excluding diaryl/α,β-unsaturated/α-hetero) is 1. The molecule has 1 aromatic rings. The van der Waals surface area contributed by atoms with Gasteiger partial charge in [0.1, 0.15) is 17.3 Å². The molecule has 1 aliphatic heterocycles. The molecule has 1 fully saturated rings. The first kappa shape index (κ1) is 13.7. The zero-order valence-electron chi connectivity index (χ0n) is 12.0. The van der Waals surface area contributed by atoms with E-state index in [1.165, 1.54) is 0 Å². The summed E-state index contributed by atoms with van der Waals surface area (Å²) in [7, 11) is 3.31. The SMILES string of the molecule is COc1ccc(OC)c(N2CCC(=O)CC2(C)C)c1. The molecular formula is C15H21NO3. The van der Waals surface area contributed by atoms with Crippen LogP contribution in [0.15, 0.2) is 18.2 Å². The van der Waals surface area contributed by atoms with Crippen LogP contribution in [0.3, 0.4) is 0 Å². The summed E-state index contributed by atoms with van der Waals surface area (Å²) >= 11 is 0. The van der Waals surface area contributed by atoms with E-state index in [2.05, 4.69) is 18.7 Å². The fraction of sp³-hybridized carbons (Fsp3) is 0.533. The molecule has 0 N–H and O–H groups in total. The zero-order valence-corrected chi connectivity index (χ0v) is 12.0. The molecule has 0 aromatic heterocycles. The lowest BCUT2D eigenvalue weighted by atomic mass is 9.89. The Kier molecular flexibility index (Phi) is 3.69. The molecule has 0 unspecified atom stereocenters. The Balaban J connectivity index is 2.41. The second-order valence-electron chi connectivity index (χ2n) is 5.47. The molecule has 1 heterocycles. The molecule has 0 radical (unpaired) electrons. The van der Waals surface area contributed by atoms with Crippen LogP contribution >= 0.6 is 0 Å². The van der Waals surface area contributed by atoms with E-state index in [1.54, 1.807) is 14.2 Å².